The second-order valence-electron chi connectivity index (χ2n) is 10.9. The van der Waals surface area contributed by atoms with Gasteiger partial charge < -0.3 is 28.9 Å². The number of anilines is 2. The first kappa shape index (κ1) is 30.0. The number of carbonyl (C=O) groups excluding carboxylic acids is 1. The van der Waals surface area contributed by atoms with Gasteiger partial charge in [-0.2, -0.15) is 15.2 Å². The van der Waals surface area contributed by atoms with Crippen LogP contribution in [0.2, 0.25) is 5.02 Å². The van der Waals surface area contributed by atoms with Gasteiger partial charge in [-0.1, -0.05) is 36.4 Å². The molecule has 2 atom stereocenters. The molecule has 3 aromatic rings. The van der Waals surface area contributed by atoms with Crippen molar-refractivity contribution < 1.29 is 27.8 Å². The smallest absolute Gasteiger partial charge is 0.318 e. The van der Waals surface area contributed by atoms with Gasteiger partial charge in [0.15, 0.2) is 5.83 Å². The Balaban J connectivity index is 1.34. The summed E-state index contributed by atoms with van der Waals surface area (Å²) in [5, 5.41) is 11.0. The van der Waals surface area contributed by atoms with E-state index in [-0.39, 0.29) is 43.3 Å². The monoisotopic (exact) mass is 624 g/mol. The van der Waals surface area contributed by atoms with Gasteiger partial charge in [0.05, 0.1) is 55.6 Å². The van der Waals surface area contributed by atoms with Crippen molar-refractivity contribution in [3.63, 3.8) is 0 Å². The molecule has 0 spiro atoms. The van der Waals surface area contributed by atoms with Gasteiger partial charge >= 0.3 is 6.01 Å². The topological polar surface area (TPSA) is 104 Å². The Bertz CT molecular complexity index is 1630. The lowest BCUT2D eigenvalue weighted by Gasteiger charge is -2.42. The third-order valence-electron chi connectivity index (χ3n) is 8.16. The predicted octanol–water partition coefficient (Wildman–Crippen LogP) is 4.19. The minimum Gasteiger partial charge on any atom is -0.461 e. The summed E-state index contributed by atoms with van der Waals surface area (Å²) in [5.74, 6) is -1.71. The highest BCUT2D eigenvalue weighted by molar-refractivity contribution is 6.36. The van der Waals surface area contributed by atoms with E-state index in [0.29, 0.717) is 57.1 Å². The summed E-state index contributed by atoms with van der Waals surface area (Å²) < 4.78 is 45.5. The van der Waals surface area contributed by atoms with Crippen molar-refractivity contribution in [2.75, 3.05) is 62.4 Å². The summed E-state index contributed by atoms with van der Waals surface area (Å²) in [5.41, 5.74) is 2.43. The normalized spacial score (nSPS) is 20.3. The molecule has 3 aliphatic heterocycles. The lowest BCUT2D eigenvalue weighted by Crippen LogP contribution is -2.55. The van der Waals surface area contributed by atoms with E-state index in [1.165, 1.54) is 11.0 Å². The van der Waals surface area contributed by atoms with E-state index >= 15 is 0 Å². The number of ether oxygens (including phenoxy) is 3. The Hall–Kier alpha value is -4.05. The number of nitrogens with zero attached hydrogens (tertiary/aromatic N) is 6. The molecule has 44 heavy (non-hydrogen) atoms. The van der Waals surface area contributed by atoms with Gasteiger partial charge in [0.25, 0.3) is 5.91 Å². The number of amides is 1. The molecule has 10 nitrogen and oxygen atoms in total. The van der Waals surface area contributed by atoms with Crippen LogP contribution in [0.5, 0.6) is 6.01 Å². The van der Waals surface area contributed by atoms with Gasteiger partial charge in [0.2, 0.25) is 0 Å². The fourth-order valence-corrected chi connectivity index (χ4v) is 6.30. The van der Waals surface area contributed by atoms with Gasteiger partial charge in [-0.25, -0.2) is 8.78 Å². The number of nitriles is 1. The van der Waals surface area contributed by atoms with Crippen molar-refractivity contribution in [3.8, 4) is 12.1 Å². The summed E-state index contributed by atoms with van der Waals surface area (Å²) in [6, 6.07) is 10.5. The molecule has 0 saturated carbocycles. The SMILES string of the molecule is C=C(F)C(=O)N1CCN(c2nc(OCC3COCCO3)nc3c2CCN(c2cccc4ccc(F)c(Cl)c24)C3)C[C@@H]1CC#N. The number of benzene rings is 2. The van der Waals surface area contributed by atoms with Gasteiger partial charge in [-0.15, -0.1) is 0 Å². The first-order valence-electron chi connectivity index (χ1n) is 14.4. The maximum absolute atomic E-state index is 14.5. The van der Waals surface area contributed by atoms with Crippen LogP contribution in [0.3, 0.4) is 0 Å². The Morgan fingerprint density at radius 2 is 2.05 bits per heavy atom. The number of hydrogen-bond donors (Lipinski definition) is 0. The van der Waals surface area contributed by atoms with Crippen LogP contribution in [0.15, 0.2) is 42.7 Å². The first-order chi connectivity index (χ1) is 21.3. The van der Waals surface area contributed by atoms with E-state index in [9.17, 15) is 18.8 Å². The van der Waals surface area contributed by atoms with Crippen LogP contribution in [-0.2, 0) is 27.2 Å². The molecule has 1 amide bonds. The predicted molar refractivity (Wildman–Crippen MR) is 160 cm³/mol. The maximum atomic E-state index is 14.5. The van der Waals surface area contributed by atoms with Crippen molar-refractivity contribution >= 4 is 39.8 Å². The summed E-state index contributed by atoms with van der Waals surface area (Å²) in [6.07, 6.45) is 0.327. The van der Waals surface area contributed by atoms with Crippen LogP contribution >= 0.6 is 11.6 Å². The average Bonchev–Trinajstić information content (AvgIpc) is 3.05. The third-order valence-corrected chi connectivity index (χ3v) is 8.53. The molecule has 230 valence electrons. The largest absolute Gasteiger partial charge is 0.461 e. The van der Waals surface area contributed by atoms with Crippen LogP contribution in [0.25, 0.3) is 10.8 Å². The molecule has 13 heteroatoms. The summed E-state index contributed by atoms with van der Waals surface area (Å²) in [6.45, 7) is 6.55. The van der Waals surface area contributed by atoms with Gasteiger partial charge in [0.1, 0.15) is 24.3 Å². The molecule has 2 saturated heterocycles. The minimum atomic E-state index is -1.06. The van der Waals surface area contributed by atoms with E-state index in [2.05, 4.69) is 17.5 Å². The van der Waals surface area contributed by atoms with Crippen molar-refractivity contribution in [2.24, 2.45) is 0 Å². The van der Waals surface area contributed by atoms with Crippen LogP contribution in [0.1, 0.15) is 17.7 Å². The number of hydrogen-bond acceptors (Lipinski definition) is 9. The van der Waals surface area contributed by atoms with E-state index in [0.717, 1.165) is 22.3 Å². The van der Waals surface area contributed by atoms with E-state index in [1.807, 2.05) is 23.1 Å². The molecule has 3 aliphatic rings. The van der Waals surface area contributed by atoms with Crippen LogP contribution in [0.4, 0.5) is 20.3 Å². The zero-order valence-corrected chi connectivity index (χ0v) is 24.7. The van der Waals surface area contributed by atoms with Crippen molar-refractivity contribution in [2.45, 2.75) is 31.5 Å². The maximum Gasteiger partial charge on any atom is 0.318 e. The molecule has 1 aromatic heterocycles. The van der Waals surface area contributed by atoms with E-state index in [4.69, 9.17) is 35.8 Å². The molecular formula is C31H31ClF2N6O4. The molecule has 4 heterocycles. The highest BCUT2D eigenvalue weighted by Gasteiger charge is 2.35. The number of aromatic nitrogens is 2. The standard InChI is InChI=1S/C31H31ClF2N6O4/c1-19(33)30(41)40-12-11-39(15-21(40)7-9-35)29-23-8-10-38(26-4-2-3-20-5-6-24(34)28(32)27(20)26)16-25(23)36-31(37-29)44-18-22-17-42-13-14-43-22/h2-6,21-22H,1,7-8,10-18H2/t21-,22?/m0/s1. The molecule has 1 unspecified atom stereocenters. The fraction of sp³-hybridized carbons (Fsp3) is 0.419. The molecule has 0 N–H and O–H groups in total. The number of carbonyl (C=O) groups is 1. The number of fused-ring (bicyclic) bond motifs is 2. The Morgan fingerprint density at radius 3 is 2.82 bits per heavy atom. The lowest BCUT2D eigenvalue weighted by atomic mass is 10.0. The quantitative estimate of drug-likeness (QED) is 0.358. The van der Waals surface area contributed by atoms with Crippen molar-refractivity contribution in [3.05, 3.63) is 64.8 Å². The molecule has 0 radical (unpaired) electrons. The van der Waals surface area contributed by atoms with Crippen molar-refractivity contribution in [1.82, 2.24) is 14.9 Å². The zero-order chi connectivity index (χ0) is 30.8. The van der Waals surface area contributed by atoms with Gasteiger partial charge in [0, 0.05) is 42.8 Å². The van der Waals surface area contributed by atoms with E-state index < -0.39 is 23.6 Å². The molecular weight excluding hydrogens is 594 g/mol. The number of rotatable bonds is 7. The molecule has 6 rings (SSSR count). The minimum absolute atomic E-state index is 0.0251. The van der Waals surface area contributed by atoms with Crippen LogP contribution in [-0.4, -0.2) is 85.5 Å². The molecule has 2 fully saturated rings. The molecule has 0 bridgehead atoms. The highest BCUT2D eigenvalue weighted by atomic mass is 35.5. The molecule has 2 aromatic carbocycles. The molecule has 0 aliphatic carbocycles. The second-order valence-corrected chi connectivity index (χ2v) is 11.3. The Morgan fingerprint density at radius 1 is 1.18 bits per heavy atom. The number of piperazine rings is 1. The van der Waals surface area contributed by atoms with E-state index in [1.54, 1.807) is 6.07 Å². The van der Waals surface area contributed by atoms with Crippen LogP contribution in [0, 0.1) is 17.1 Å². The zero-order valence-electron chi connectivity index (χ0n) is 24.0. The number of halogens is 3. The van der Waals surface area contributed by atoms with Gasteiger partial charge in [-0.05, 0) is 23.9 Å². The summed E-state index contributed by atoms with van der Waals surface area (Å²) in [7, 11) is 0. The van der Waals surface area contributed by atoms with Gasteiger partial charge in [-0.3, -0.25) is 4.79 Å². The summed E-state index contributed by atoms with van der Waals surface area (Å²) in [4.78, 5) is 27.5. The van der Waals surface area contributed by atoms with Crippen LogP contribution < -0.4 is 14.5 Å². The lowest BCUT2D eigenvalue weighted by molar-refractivity contribution is -0.131. The Labute approximate surface area is 258 Å². The third kappa shape index (κ3) is 6.00. The summed E-state index contributed by atoms with van der Waals surface area (Å²) >= 11 is 6.45. The second kappa shape index (κ2) is 12.9. The van der Waals surface area contributed by atoms with Crippen molar-refractivity contribution in [1.29, 1.82) is 5.26 Å². The Kier molecular flexibility index (Phi) is 8.79. The average molecular weight is 625 g/mol. The first-order valence-corrected chi connectivity index (χ1v) is 14.8. The fourth-order valence-electron chi connectivity index (χ4n) is 6.03. The highest BCUT2D eigenvalue weighted by Crippen LogP contribution is 2.38.